The molecule has 0 aromatic heterocycles. The maximum Gasteiger partial charge on any atom is 0.410 e. The molecule has 1 unspecified atom stereocenters. The summed E-state index contributed by atoms with van der Waals surface area (Å²) in [6.07, 6.45) is -0.423. The molecule has 1 aliphatic rings. The van der Waals surface area contributed by atoms with Gasteiger partial charge in [-0.2, -0.15) is 0 Å². The van der Waals surface area contributed by atoms with Crippen molar-refractivity contribution in [1.82, 2.24) is 4.90 Å². The molecule has 1 aromatic rings. The number of nitrogens with zero attached hydrogens (tertiary/aromatic N) is 2. The molecule has 1 heterocycles. The van der Waals surface area contributed by atoms with E-state index in [1.54, 1.807) is 37.8 Å². The van der Waals surface area contributed by atoms with Gasteiger partial charge in [0.1, 0.15) is 11.4 Å². The topological polar surface area (TPSA) is 79.0 Å². The number of amides is 1. The van der Waals surface area contributed by atoms with Gasteiger partial charge < -0.3 is 25.4 Å². The molecule has 2 rings (SSSR count). The highest BCUT2D eigenvalue weighted by Gasteiger charge is 2.32. The largest absolute Gasteiger partial charge is 0.444 e. The number of nitrogens with two attached hydrogens (primary N) is 1. The second-order valence-corrected chi connectivity index (χ2v) is 6.67. The Morgan fingerprint density at radius 2 is 2.13 bits per heavy atom. The van der Waals surface area contributed by atoms with Gasteiger partial charge in [0.15, 0.2) is 0 Å². The van der Waals surface area contributed by atoms with Crippen LogP contribution in [-0.2, 0) is 4.74 Å². The number of ether oxygens (including phenoxy) is 1. The zero-order valence-corrected chi connectivity index (χ0v) is 13.8. The predicted molar refractivity (Wildman–Crippen MR) is 86.8 cm³/mol. The SMILES string of the molecule is CC(C)(C)OC(=O)N1CCN(c2ccc(N)cc2F)C(CO)C1. The van der Waals surface area contributed by atoms with Crippen molar-refractivity contribution in [2.24, 2.45) is 0 Å². The molecule has 0 aliphatic carbocycles. The lowest BCUT2D eigenvalue weighted by Gasteiger charge is -2.42. The summed E-state index contributed by atoms with van der Waals surface area (Å²) < 4.78 is 19.5. The minimum Gasteiger partial charge on any atom is -0.444 e. The van der Waals surface area contributed by atoms with Crippen molar-refractivity contribution in [3.8, 4) is 0 Å². The van der Waals surface area contributed by atoms with Gasteiger partial charge in [0.2, 0.25) is 0 Å². The highest BCUT2D eigenvalue weighted by atomic mass is 19.1. The highest BCUT2D eigenvalue weighted by Crippen LogP contribution is 2.26. The van der Waals surface area contributed by atoms with E-state index in [0.29, 0.717) is 24.5 Å². The molecule has 1 fully saturated rings. The average molecular weight is 325 g/mol. The van der Waals surface area contributed by atoms with Gasteiger partial charge in [-0.3, -0.25) is 0 Å². The first-order valence-electron chi connectivity index (χ1n) is 7.61. The van der Waals surface area contributed by atoms with Crippen molar-refractivity contribution in [2.75, 3.05) is 36.9 Å². The average Bonchev–Trinajstić information content (AvgIpc) is 2.45. The molecule has 7 heteroatoms. The van der Waals surface area contributed by atoms with Gasteiger partial charge >= 0.3 is 6.09 Å². The first-order chi connectivity index (χ1) is 10.7. The Morgan fingerprint density at radius 1 is 1.43 bits per heavy atom. The molecule has 1 aromatic carbocycles. The number of hydrogen-bond acceptors (Lipinski definition) is 5. The number of piperazine rings is 1. The van der Waals surface area contributed by atoms with Gasteiger partial charge in [-0.05, 0) is 39.0 Å². The number of nitrogen functional groups attached to an aromatic ring is 1. The van der Waals surface area contributed by atoms with Crippen LogP contribution in [0.2, 0.25) is 0 Å². The lowest BCUT2D eigenvalue weighted by Crippen LogP contribution is -2.57. The molecule has 1 atom stereocenters. The van der Waals surface area contributed by atoms with Gasteiger partial charge in [-0.1, -0.05) is 0 Å². The van der Waals surface area contributed by atoms with E-state index in [9.17, 15) is 14.3 Å². The molecule has 1 saturated heterocycles. The normalized spacial score (nSPS) is 18.9. The van der Waals surface area contributed by atoms with E-state index in [4.69, 9.17) is 10.5 Å². The van der Waals surface area contributed by atoms with Crippen molar-refractivity contribution >= 4 is 17.5 Å². The number of benzene rings is 1. The van der Waals surface area contributed by atoms with Crippen molar-refractivity contribution in [1.29, 1.82) is 0 Å². The summed E-state index contributed by atoms with van der Waals surface area (Å²) in [6.45, 7) is 6.29. The van der Waals surface area contributed by atoms with Gasteiger partial charge in [-0.15, -0.1) is 0 Å². The molecule has 23 heavy (non-hydrogen) atoms. The van der Waals surface area contributed by atoms with Crippen molar-refractivity contribution in [2.45, 2.75) is 32.4 Å². The molecule has 1 amide bonds. The minimum absolute atomic E-state index is 0.191. The fourth-order valence-corrected chi connectivity index (χ4v) is 2.58. The molecule has 1 aliphatic heterocycles. The third kappa shape index (κ3) is 4.25. The lowest BCUT2D eigenvalue weighted by atomic mass is 10.1. The quantitative estimate of drug-likeness (QED) is 0.811. The minimum atomic E-state index is -0.577. The first kappa shape index (κ1) is 17.3. The Morgan fingerprint density at radius 3 is 2.70 bits per heavy atom. The maximum absolute atomic E-state index is 14.1. The third-order valence-corrected chi connectivity index (χ3v) is 3.63. The van der Waals surface area contributed by atoms with Crippen LogP contribution in [0.3, 0.4) is 0 Å². The third-order valence-electron chi connectivity index (χ3n) is 3.63. The van der Waals surface area contributed by atoms with Crippen LogP contribution >= 0.6 is 0 Å². The van der Waals surface area contributed by atoms with Crippen LogP contribution in [0.15, 0.2) is 18.2 Å². The molecular formula is C16H24FN3O3. The molecule has 6 nitrogen and oxygen atoms in total. The van der Waals surface area contributed by atoms with E-state index < -0.39 is 23.6 Å². The fraction of sp³-hybridized carbons (Fsp3) is 0.562. The van der Waals surface area contributed by atoms with Gasteiger partial charge in [0.05, 0.1) is 18.3 Å². The van der Waals surface area contributed by atoms with Crippen molar-refractivity contribution in [3.63, 3.8) is 0 Å². The molecular weight excluding hydrogens is 301 g/mol. The summed E-state index contributed by atoms with van der Waals surface area (Å²) in [5.41, 5.74) is 5.71. The zero-order valence-electron chi connectivity index (χ0n) is 13.8. The highest BCUT2D eigenvalue weighted by molar-refractivity contribution is 5.69. The molecule has 0 spiro atoms. The number of hydrogen-bond donors (Lipinski definition) is 2. The van der Waals surface area contributed by atoms with E-state index in [1.807, 2.05) is 0 Å². The Hall–Kier alpha value is -2.02. The van der Waals surface area contributed by atoms with Crippen LogP contribution < -0.4 is 10.6 Å². The van der Waals surface area contributed by atoms with E-state index in [1.165, 1.54) is 11.0 Å². The number of aliphatic hydroxyl groups excluding tert-OH is 1. The van der Waals surface area contributed by atoms with E-state index in [-0.39, 0.29) is 13.2 Å². The molecule has 0 saturated carbocycles. The summed E-state index contributed by atoms with van der Waals surface area (Å²) >= 11 is 0. The van der Waals surface area contributed by atoms with Gasteiger partial charge in [0, 0.05) is 25.3 Å². The number of aliphatic hydroxyl groups is 1. The first-order valence-corrected chi connectivity index (χ1v) is 7.61. The van der Waals surface area contributed by atoms with Crippen LogP contribution in [0.4, 0.5) is 20.6 Å². The van der Waals surface area contributed by atoms with E-state index in [2.05, 4.69) is 0 Å². The standard InChI is InChI=1S/C16H24FN3O3/c1-16(2,3)23-15(22)19-6-7-20(12(9-19)10-21)14-5-4-11(18)8-13(14)17/h4-5,8,12,21H,6-7,9-10,18H2,1-3H3. The van der Waals surface area contributed by atoms with Crippen LogP contribution in [0, 0.1) is 5.82 Å². The van der Waals surface area contributed by atoms with E-state index in [0.717, 1.165) is 0 Å². The van der Waals surface area contributed by atoms with Crippen LogP contribution in [-0.4, -0.2) is 54.0 Å². The number of carbonyl (C=O) groups excluding carboxylic acids is 1. The Labute approximate surface area is 135 Å². The number of carbonyl (C=O) groups is 1. The van der Waals surface area contributed by atoms with Gasteiger partial charge in [-0.25, -0.2) is 9.18 Å². The number of halogens is 1. The Bertz CT molecular complexity index is 574. The maximum atomic E-state index is 14.1. The second kappa shape index (κ2) is 6.62. The van der Waals surface area contributed by atoms with E-state index >= 15 is 0 Å². The summed E-state index contributed by atoms with van der Waals surface area (Å²) in [7, 11) is 0. The molecule has 0 bridgehead atoms. The summed E-state index contributed by atoms with van der Waals surface area (Å²) in [6, 6.07) is 4.07. The predicted octanol–water partition coefficient (Wildman–Crippen LogP) is 1.83. The fourth-order valence-electron chi connectivity index (χ4n) is 2.58. The molecule has 3 N–H and O–H groups in total. The van der Waals surface area contributed by atoms with Crippen LogP contribution in [0.1, 0.15) is 20.8 Å². The monoisotopic (exact) mass is 325 g/mol. The summed E-state index contributed by atoms with van der Waals surface area (Å²) in [4.78, 5) is 15.4. The smallest absolute Gasteiger partial charge is 0.410 e. The number of anilines is 2. The van der Waals surface area contributed by atoms with Crippen molar-refractivity contribution < 1.29 is 19.0 Å². The molecule has 0 radical (unpaired) electrons. The van der Waals surface area contributed by atoms with Crippen LogP contribution in [0.25, 0.3) is 0 Å². The Balaban J connectivity index is 2.11. The van der Waals surface area contributed by atoms with Crippen LogP contribution in [0.5, 0.6) is 0 Å². The zero-order chi connectivity index (χ0) is 17.2. The Kier molecular flexibility index (Phi) is 4.99. The number of rotatable bonds is 2. The molecule has 128 valence electrons. The van der Waals surface area contributed by atoms with Crippen molar-refractivity contribution in [3.05, 3.63) is 24.0 Å². The second-order valence-electron chi connectivity index (χ2n) is 6.67. The lowest BCUT2D eigenvalue weighted by molar-refractivity contribution is 0.0197. The summed E-state index contributed by atoms with van der Waals surface area (Å²) in [5, 5.41) is 9.63. The van der Waals surface area contributed by atoms with Gasteiger partial charge in [0.25, 0.3) is 0 Å². The summed E-state index contributed by atoms with van der Waals surface area (Å²) in [5.74, 6) is -0.436.